The van der Waals surface area contributed by atoms with Crippen LogP contribution >= 0.6 is 0 Å². The maximum atomic E-state index is 12.3. The fraction of sp³-hybridized carbons (Fsp3) is 0.429. The van der Waals surface area contributed by atoms with Gasteiger partial charge in [0.25, 0.3) is 0 Å². The Hall–Kier alpha value is -2.64. The Morgan fingerprint density at radius 3 is 2.64 bits per heavy atom. The lowest BCUT2D eigenvalue weighted by Crippen LogP contribution is -2.50. The molecule has 0 saturated carbocycles. The Balaban J connectivity index is 1.57. The van der Waals surface area contributed by atoms with Crippen molar-refractivity contribution >= 4 is 17.5 Å². The summed E-state index contributed by atoms with van der Waals surface area (Å²) in [5.74, 6) is 1.40. The molecule has 0 bridgehead atoms. The molecule has 0 unspecified atom stereocenters. The van der Waals surface area contributed by atoms with E-state index in [0.717, 1.165) is 24.6 Å². The number of hydrogen-bond acceptors (Lipinski definition) is 6. The highest BCUT2D eigenvalue weighted by molar-refractivity contribution is 5.76. The Morgan fingerprint density at radius 2 is 2.05 bits per heavy atom. The maximum absolute atomic E-state index is 12.3. The van der Waals surface area contributed by atoms with Gasteiger partial charge in [-0.05, 0) is 6.92 Å². The van der Waals surface area contributed by atoms with E-state index in [4.69, 9.17) is 5.73 Å². The standard InChI is InChI=1S/C14H19N7O/c1-11-8-12(15)21(18-11)10-14(22)20-6-4-19(5-7-20)13-9-16-2-3-17-13/h2-3,8-9H,4-7,10,15H2,1H3. The molecule has 0 radical (unpaired) electrons. The van der Waals surface area contributed by atoms with Gasteiger partial charge < -0.3 is 15.5 Å². The van der Waals surface area contributed by atoms with Crippen molar-refractivity contribution in [2.24, 2.45) is 0 Å². The van der Waals surface area contributed by atoms with Gasteiger partial charge in [-0.3, -0.25) is 9.78 Å². The van der Waals surface area contributed by atoms with Crippen LogP contribution in [0, 0.1) is 6.92 Å². The molecule has 8 heteroatoms. The van der Waals surface area contributed by atoms with Gasteiger partial charge in [0.05, 0.1) is 11.9 Å². The number of aromatic nitrogens is 4. The summed E-state index contributed by atoms with van der Waals surface area (Å²) in [4.78, 5) is 24.7. The summed E-state index contributed by atoms with van der Waals surface area (Å²) in [6.07, 6.45) is 5.07. The molecule has 1 amide bonds. The SMILES string of the molecule is Cc1cc(N)n(CC(=O)N2CCN(c3cnccn3)CC2)n1. The molecule has 1 aliphatic heterocycles. The molecule has 0 aromatic carbocycles. The topological polar surface area (TPSA) is 93.2 Å². The maximum Gasteiger partial charge on any atom is 0.244 e. The Kier molecular flexibility index (Phi) is 3.90. The molecule has 2 aromatic rings. The summed E-state index contributed by atoms with van der Waals surface area (Å²) < 4.78 is 1.55. The van der Waals surface area contributed by atoms with Crippen molar-refractivity contribution in [3.05, 3.63) is 30.4 Å². The number of anilines is 2. The molecule has 0 aliphatic carbocycles. The quantitative estimate of drug-likeness (QED) is 0.852. The first-order chi connectivity index (χ1) is 10.6. The van der Waals surface area contributed by atoms with Crippen LogP contribution in [0.1, 0.15) is 5.69 Å². The third-order valence-electron chi connectivity index (χ3n) is 3.72. The fourth-order valence-corrected chi connectivity index (χ4v) is 2.56. The van der Waals surface area contributed by atoms with E-state index in [-0.39, 0.29) is 12.5 Å². The summed E-state index contributed by atoms with van der Waals surface area (Å²) >= 11 is 0. The van der Waals surface area contributed by atoms with Crippen LogP contribution in [0.4, 0.5) is 11.6 Å². The van der Waals surface area contributed by atoms with E-state index in [0.29, 0.717) is 18.9 Å². The molecule has 0 spiro atoms. The van der Waals surface area contributed by atoms with Gasteiger partial charge in [0, 0.05) is 44.6 Å². The molecule has 8 nitrogen and oxygen atoms in total. The van der Waals surface area contributed by atoms with Crippen LogP contribution in [0.5, 0.6) is 0 Å². The van der Waals surface area contributed by atoms with E-state index in [1.165, 1.54) is 0 Å². The highest BCUT2D eigenvalue weighted by atomic mass is 16.2. The molecule has 2 N–H and O–H groups in total. The lowest BCUT2D eigenvalue weighted by molar-refractivity contribution is -0.132. The largest absolute Gasteiger partial charge is 0.384 e. The smallest absolute Gasteiger partial charge is 0.244 e. The van der Waals surface area contributed by atoms with E-state index in [1.54, 1.807) is 29.3 Å². The number of carbonyl (C=O) groups excluding carboxylic acids is 1. The van der Waals surface area contributed by atoms with Crippen LogP contribution in [-0.2, 0) is 11.3 Å². The zero-order valence-corrected chi connectivity index (χ0v) is 12.5. The number of carbonyl (C=O) groups is 1. The predicted molar refractivity (Wildman–Crippen MR) is 82.2 cm³/mol. The second kappa shape index (κ2) is 6.00. The highest BCUT2D eigenvalue weighted by Crippen LogP contribution is 2.12. The van der Waals surface area contributed by atoms with E-state index in [2.05, 4.69) is 20.0 Å². The van der Waals surface area contributed by atoms with Crippen LogP contribution in [0.25, 0.3) is 0 Å². The first-order valence-electron chi connectivity index (χ1n) is 7.22. The van der Waals surface area contributed by atoms with Gasteiger partial charge in [0.2, 0.25) is 5.91 Å². The second-order valence-corrected chi connectivity index (χ2v) is 5.30. The normalized spacial score (nSPS) is 15.1. The summed E-state index contributed by atoms with van der Waals surface area (Å²) in [5, 5.41) is 4.22. The molecule has 2 aromatic heterocycles. The summed E-state index contributed by atoms with van der Waals surface area (Å²) in [7, 11) is 0. The molecular weight excluding hydrogens is 282 g/mol. The van der Waals surface area contributed by atoms with E-state index < -0.39 is 0 Å². The van der Waals surface area contributed by atoms with Crippen molar-refractivity contribution in [1.29, 1.82) is 0 Å². The highest BCUT2D eigenvalue weighted by Gasteiger charge is 2.22. The van der Waals surface area contributed by atoms with Gasteiger partial charge in [0.15, 0.2) is 0 Å². The molecule has 1 aliphatic rings. The zero-order valence-electron chi connectivity index (χ0n) is 12.5. The molecule has 0 atom stereocenters. The number of aryl methyl sites for hydroxylation is 1. The van der Waals surface area contributed by atoms with Gasteiger partial charge >= 0.3 is 0 Å². The van der Waals surface area contributed by atoms with Crippen molar-refractivity contribution in [3.63, 3.8) is 0 Å². The molecule has 3 heterocycles. The van der Waals surface area contributed by atoms with Crippen molar-refractivity contribution in [3.8, 4) is 0 Å². The Labute approximate surface area is 128 Å². The van der Waals surface area contributed by atoms with Crippen LogP contribution in [0.2, 0.25) is 0 Å². The van der Waals surface area contributed by atoms with Crippen LogP contribution in [0.15, 0.2) is 24.7 Å². The van der Waals surface area contributed by atoms with Gasteiger partial charge in [0.1, 0.15) is 18.2 Å². The first-order valence-corrected chi connectivity index (χ1v) is 7.22. The second-order valence-electron chi connectivity index (χ2n) is 5.30. The number of rotatable bonds is 3. The summed E-state index contributed by atoms with van der Waals surface area (Å²) in [6, 6.07) is 1.76. The van der Waals surface area contributed by atoms with Gasteiger partial charge in [-0.25, -0.2) is 9.67 Å². The number of piperazine rings is 1. The van der Waals surface area contributed by atoms with Crippen molar-refractivity contribution in [2.75, 3.05) is 36.8 Å². The number of nitrogen functional groups attached to an aromatic ring is 1. The van der Waals surface area contributed by atoms with Gasteiger partial charge in [-0.1, -0.05) is 0 Å². The molecular formula is C14H19N7O. The van der Waals surface area contributed by atoms with Crippen LogP contribution in [0.3, 0.4) is 0 Å². The molecule has 1 saturated heterocycles. The third kappa shape index (κ3) is 3.00. The minimum Gasteiger partial charge on any atom is -0.384 e. The molecule has 22 heavy (non-hydrogen) atoms. The number of nitrogens with zero attached hydrogens (tertiary/aromatic N) is 6. The number of nitrogens with two attached hydrogens (primary N) is 1. The average molecular weight is 301 g/mol. The average Bonchev–Trinajstić information content (AvgIpc) is 2.86. The van der Waals surface area contributed by atoms with E-state index in [1.807, 2.05) is 11.8 Å². The molecule has 1 fully saturated rings. The minimum atomic E-state index is 0.0357. The lowest BCUT2D eigenvalue weighted by atomic mass is 10.3. The number of hydrogen-bond donors (Lipinski definition) is 1. The Bertz CT molecular complexity index is 646. The molecule has 3 rings (SSSR count). The van der Waals surface area contributed by atoms with E-state index >= 15 is 0 Å². The van der Waals surface area contributed by atoms with Crippen LogP contribution < -0.4 is 10.6 Å². The van der Waals surface area contributed by atoms with Crippen LogP contribution in [-0.4, -0.2) is 56.7 Å². The molecule has 116 valence electrons. The summed E-state index contributed by atoms with van der Waals surface area (Å²) in [6.45, 7) is 4.86. The first kappa shape index (κ1) is 14.3. The number of amides is 1. The fourth-order valence-electron chi connectivity index (χ4n) is 2.56. The Morgan fingerprint density at radius 1 is 1.27 bits per heavy atom. The van der Waals surface area contributed by atoms with Crippen molar-refractivity contribution < 1.29 is 4.79 Å². The lowest BCUT2D eigenvalue weighted by Gasteiger charge is -2.35. The summed E-state index contributed by atoms with van der Waals surface area (Å²) in [5.41, 5.74) is 6.64. The zero-order chi connectivity index (χ0) is 15.5. The monoisotopic (exact) mass is 301 g/mol. The van der Waals surface area contributed by atoms with Gasteiger partial charge in [-0.15, -0.1) is 0 Å². The predicted octanol–water partition coefficient (Wildman–Crippen LogP) is -0.0875. The van der Waals surface area contributed by atoms with Gasteiger partial charge in [-0.2, -0.15) is 5.10 Å². The van der Waals surface area contributed by atoms with Crippen molar-refractivity contribution in [2.45, 2.75) is 13.5 Å². The third-order valence-corrected chi connectivity index (χ3v) is 3.72. The van der Waals surface area contributed by atoms with Crippen molar-refractivity contribution in [1.82, 2.24) is 24.6 Å². The van der Waals surface area contributed by atoms with E-state index in [9.17, 15) is 4.79 Å². The minimum absolute atomic E-state index is 0.0357.